The molecule has 0 bridgehead atoms. The van der Waals surface area contributed by atoms with Crippen molar-refractivity contribution in [1.29, 1.82) is 0 Å². The van der Waals surface area contributed by atoms with E-state index in [4.69, 9.17) is 9.16 Å². The van der Waals surface area contributed by atoms with E-state index < -0.39 is 20.0 Å². The van der Waals surface area contributed by atoms with Crippen molar-refractivity contribution in [3.63, 3.8) is 0 Å². The Bertz CT molecular complexity index is 621. The van der Waals surface area contributed by atoms with Crippen molar-refractivity contribution in [3.05, 3.63) is 24.5 Å². The number of amides is 1. The van der Waals surface area contributed by atoms with Gasteiger partial charge in [-0.1, -0.05) is 27.4 Å². The van der Waals surface area contributed by atoms with Crippen LogP contribution >= 0.6 is 0 Å². The van der Waals surface area contributed by atoms with Gasteiger partial charge in [0.1, 0.15) is 5.60 Å². The number of hydrogen-bond donors (Lipinski definition) is 0. The molecule has 1 unspecified atom stereocenters. The van der Waals surface area contributed by atoms with Crippen LogP contribution in [-0.2, 0) is 14.0 Å². The van der Waals surface area contributed by atoms with Crippen LogP contribution in [0.4, 0.5) is 4.79 Å². The van der Waals surface area contributed by atoms with Crippen molar-refractivity contribution < 1.29 is 18.8 Å². The third kappa shape index (κ3) is 7.45. The number of nitrogens with zero attached hydrogens (tertiary/aromatic N) is 1. The van der Waals surface area contributed by atoms with Crippen molar-refractivity contribution >= 4 is 20.2 Å². The molecule has 1 rings (SSSR count). The molecule has 0 N–H and O–H groups in total. The first-order valence-corrected chi connectivity index (χ1v) is 13.0. The highest BCUT2D eigenvalue weighted by atomic mass is 28.4. The van der Waals surface area contributed by atoms with Crippen molar-refractivity contribution in [1.82, 2.24) is 4.90 Å². The molecule has 1 amide bonds. The number of carbonyl (C=O) groups excluding carboxylic acids is 2. The van der Waals surface area contributed by atoms with Gasteiger partial charge in [0.2, 0.25) is 8.32 Å². The number of carbonyl (C=O) groups is 2. The second-order valence-corrected chi connectivity index (χ2v) is 15.0. The molecule has 1 saturated carbocycles. The first-order valence-electron chi connectivity index (χ1n) is 10.1. The van der Waals surface area contributed by atoms with E-state index in [1.54, 1.807) is 6.26 Å². The summed E-state index contributed by atoms with van der Waals surface area (Å²) < 4.78 is 11.6. The molecule has 0 aromatic carbocycles. The highest BCUT2D eigenvalue weighted by Gasteiger charge is 2.38. The van der Waals surface area contributed by atoms with Gasteiger partial charge in [-0.3, -0.25) is 9.69 Å². The molecule has 0 aromatic rings. The predicted molar refractivity (Wildman–Crippen MR) is 117 cm³/mol. The Hall–Kier alpha value is -1.56. The number of hydrogen-bond acceptors (Lipinski definition) is 4. The Morgan fingerprint density at radius 3 is 2.14 bits per heavy atom. The van der Waals surface area contributed by atoms with Crippen LogP contribution in [0.15, 0.2) is 24.5 Å². The fourth-order valence-corrected chi connectivity index (χ4v) is 2.99. The van der Waals surface area contributed by atoms with Crippen molar-refractivity contribution in [2.45, 2.75) is 91.1 Å². The zero-order valence-electron chi connectivity index (χ0n) is 19.2. The molecule has 6 heteroatoms. The zero-order chi connectivity index (χ0) is 21.9. The molecule has 5 nitrogen and oxygen atoms in total. The van der Waals surface area contributed by atoms with E-state index in [0.717, 1.165) is 12.8 Å². The van der Waals surface area contributed by atoms with Crippen LogP contribution in [0.1, 0.15) is 61.3 Å². The van der Waals surface area contributed by atoms with Crippen molar-refractivity contribution in [2.24, 2.45) is 5.92 Å². The lowest BCUT2D eigenvalue weighted by Crippen LogP contribution is -2.44. The molecule has 0 aliphatic heterocycles. The van der Waals surface area contributed by atoms with E-state index in [0.29, 0.717) is 5.57 Å². The molecule has 160 valence electrons. The number of ether oxygens (including phenoxy) is 1. The van der Waals surface area contributed by atoms with Crippen LogP contribution in [0, 0.1) is 5.92 Å². The van der Waals surface area contributed by atoms with E-state index in [1.807, 2.05) is 33.8 Å². The van der Waals surface area contributed by atoms with E-state index in [1.165, 1.54) is 4.90 Å². The van der Waals surface area contributed by atoms with Gasteiger partial charge in [-0.25, -0.2) is 4.79 Å². The third-order valence-electron chi connectivity index (χ3n) is 5.39. The van der Waals surface area contributed by atoms with E-state index in [-0.39, 0.29) is 29.3 Å². The predicted octanol–water partition coefficient (Wildman–Crippen LogP) is 5.68. The Morgan fingerprint density at radius 1 is 1.18 bits per heavy atom. The Labute approximate surface area is 172 Å². The summed E-state index contributed by atoms with van der Waals surface area (Å²) in [6.45, 7) is 22.0. The maximum atomic E-state index is 12.7. The minimum atomic E-state index is -1.93. The van der Waals surface area contributed by atoms with Gasteiger partial charge in [-0.2, -0.15) is 0 Å². The maximum Gasteiger partial charge on any atom is 0.411 e. The second kappa shape index (κ2) is 8.85. The average Bonchev–Trinajstić information content (AvgIpc) is 3.32. The summed E-state index contributed by atoms with van der Waals surface area (Å²) in [4.78, 5) is 26.7. The van der Waals surface area contributed by atoms with Crippen LogP contribution in [-0.4, -0.2) is 43.3 Å². The van der Waals surface area contributed by atoms with Gasteiger partial charge < -0.3 is 9.16 Å². The van der Waals surface area contributed by atoms with Crippen molar-refractivity contribution in [2.75, 3.05) is 6.54 Å². The molecule has 0 radical (unpaired) electrons. The molecule has 0 heterocycles. The highest BCUT2D eigenvalue weighted by Crippen LogP contribution is 2.37. The molecular weight excluding hydrogens is 370 g/mol. The SMILES string of the molecule is C=C(C(=O)CN(C(=O)OC(C)(C)C)C(C)C=CO[Si](C)(C)C(C)(C)C)C1CC1. The lowest BCUT2D eigenvalue weighted by Gasteiger charge is -2.35. The lowest BCUT2D eigenvalue weighted by molar-refractivity contribution is -0.117. The Kier molecular flexibility index (Phi) is 7.73. The van der Waals surface area contributed by atoms with Crippen LogP contribution in [0.5, 0.6) is 0 Å². The Balaban J connectivity index is 2.89. The molecule has 0 aromatic heterocycles. The topological polar surface area (TPSA) is 55.8 Å². The summed E-state index contributed by atoms with van der Waals surface area (Å²) in [5.74, 6) is 0.180. The fourth-order valence-electron chi connectivity index (χ4n) is 2.21. The van der Waals surface area contributed by atoms with Gasteiger partial charge in [0.05, 0.1) is 18.8 Å². The summed E-state index contributed by atoms with van der Waals surface area (Å²) in [5, 5.41) is 0.0867. The highest BCUT2D eigenvalue weighted by molar-refractivity contribution is 6.74. The molecule has 0 saturated heterocycles. The molecule has 1 aliphatic carbocycles. The van der Waals surface area contributed by atoms with Gasteiger partial charge in [-0.05, 0) is 76.2 Å². The van der Waals surface area contributed by atoms with Gasteiger partial charge in [0.15, 0.2) is 5.78 Å². The number of rotatable bonds is 8. The maximum absolute atomic E-state index is 12.7. The summed E-state index contributed by atoms with van der Waals surface area (Å²) in [6, 6.07) is -0.337. The first-order chi connectivity index (χ1) is 12.5. The van der Waals surface area contributed by atoms with Gasteiger partial charge >= 0.3 is 6.09 Å². The smallest absolute Gasteiger partial charge is 0.411 e. The monoisotopic (exact) mass is 409 g/mol. The van der Waals surface area contributed by atoms with E-state index in [9.17, 15) is 9.59 Å². The normalized spacial score (nSPS) is 16.6. The molecule has 28 heavy (non-hydrogen) atoms. The molecule has 0 spiro atoms. The van der Waals surface area contributed by atoms with Gasteiger partial charge in [-0.15, -0.1) is 0 Å². The standard InChI is InChI=1S/C22H39NO4Si/c1-16(13-14-26-28(9,10)22(6,7)8)23(20(25)27-21(3,4)5)15-19(24)17(2)18-11-12-18/h13-14,16,18H,2,11-12,15H2,1,3-10H3. The minimum absolute atomic E-state index is 0.0319. The summed E-state index contributed by atoms with van der Waals surface area (Å²) >= 11 is 0. The minimum Gasteiger partial charge on any atom is -0.549 e. The van der Waals surface area contributed by atoms with Crippen LogP contribution < -0.4 is 0 Å². The third-order valence-corrected chi connectivity index (χ3v) is 9.73. The quantitative estimate of drug-likeness (QED) is 0.294. The van der Waals surface area contributed by atoms with Gasteiger partial charge in [0.25, 0.3) is 0 Å². The summed E-state index contributed by atoms with van der Waals surface area (Å²) in [5.41, 5.74) is -0.0188. The van der Waals surface area contributed by atoms with E-state index >= 15 is 0 Å². The van der Waals surface area contributed by atoms with Crippen LogP contribution in [0.25, 0.3) is 0 Å². The molecule has 1 fully saturated rings. The van der Waals surface area contributed by atoms with Gasteiger partial charge in [0, 0.05) is 0 Å². The lowest BCUT2D eigenvalue weighted by atomic mass is 10.1. The zero-order valence-corrected chi connectivity index (χ0v) is 20.2. The average molecular weight is 410 g/mol. The number of Topliss-reactive ketones (excluding diaryl/α,β-unsaturated/α-hetero) is 1. The van der Waals surface area contributed by atoms with E-state index in [2.05, 4.69) is 40.4 Å². The second-order valence-electron chi connectivity index (χ2n) is 10.3. The summed E-state index contributed by atoms with van der Waals surface area (Å²) in [6.07, 6.45) is 5.01. The van der Waals surface area contributed by atoms with Crippen LogP contribution in [0.3, 0.4) is 0 Å². The van der Waals surface area contributed by atoms with Crippen LogP contribution in [0.2, 0.25) is 18.1 Å². The van der Waals surface area contributed by atoms with Crippen molar-refractivity contribution in [3.8, 4) is 0 Å². The fraction of sp³-hybridized carbons (Fsp3) is 0.727. The largest absolute Gasteiger partial charge is 0.549 e. The number of ketones is 1. The Morgan fingerprint density at radius 2 is 1.71 bits per heavy atom. The molecule has 1 aliphatic rings. The first kappa shape index (κ1) is 24.5. The molecule has 1 atom stereocenters. The summed E-state index contributed by atoms with van der Waals surface area (Å²) in [7, 11) is -1.93. The molecular formula is C22H39NO4Si.